The number of nitrogens with one attached hydrogen (secondary N) is 2. The minimum Gasteiger partial charge on any atom is -0.486 e. The molecule has 1 fully saturated rings. The molecule has 1 aliphatic heterocycles. The Kier molecular flexibility index (Phi) is 5.13. The van der Waals surface area contributed by atoms with Gasteiger partial charge in [0, 0.05) is 30.6 Å². The van der Waals surface area contributed by atoms with Crippen molar-refractivity contribution in [3.63, 3.8) is 0 Å². The molecule has 2 amide bonds. The summed E-state index contributed by atoms with van der Waals surface area (Å²) in [4.78, 5) is 16.6. The molecule has 2 aliphatic rings. The fraction of sp³-hybridized carbons (Fsp3) is 0.526. The zero-order valence-corrected chi connectivity index (χ0v) is 15.4. The summed E-state index contributed by atoms with van der Waals surface area (Å²) in [6.45, 7) is 3.39. The number of benzene rings is 1. The fourth-order valence-corrected chi connectivity index (χ4v) is 3.49. The number of nitrogens with zero attached hydrogens (tertiary/aromatic N) is 2. The minimum atomic E-state index is -0.283. The number of fused-ring (bicyclic) bond motifs is 1. The van der Waals surface area contributed by atoms with Crippen molar-refractivity contribution >= 4 is 11.7 Å². The number of hydrogen-bond donors (Lipinski definition) is 2. The third-order valence-electron chi connectivity index (χ3n) is 4.96. The fourth-order valence-electron chi connectivity index (χ4n) is 3.49. The standard InChI is InChI=1S/C19H24N4O4/c1-12-10-15-16(26-9-8-25-15)11-14(12)21-19(24)20-7-6-17-22-18(27-23-17)13-4-2-3-5-13/h10-11,13H,2-9H2,1H3,(H2,20,21,24). The maximum Gasteiger partial charge on any atom is 0.319 e. The Labute approximate surface area is 157 Å². The number of hydrogen-bond acceptors (Lipinski definition) is 6. The maximum absolute atomic E-state index is 12.2. The number of aromatic nitrogens is 2. The van der Waals surface area contributed by atoms with Gasteiger partial charge in [-0.2, -0.15) is 4.98 Å². The molecule has 0 bridgehead atoms. The van der Waals surface area contributed by atoms with Gasteiger partial charge in [-0.15, -0.1) is 0 Å². The van der Waals surface area contributed by atoms with E-state index >= 15 is 0 Å². The molecule has 0 atom stereocenters. The molecule has 8 nitrogen and oxygen atoms in total. The number of carbonyl (C=O) groups is 1. The number of amides is 2. The SMILES string of the molecule is Cc1cc2c(cc1NC(=O)NCCc1noc(C3CCCC3)n1)OCCO2. The highest BCUT2D eigenvalue weighted by Crippen LogP contribution is 2.35. The Morgan fingerprint density at radius 3 is 2.70 bits per heavy atom. The first-order valence-corrected chi connectivity index (χ1v) is 9.46. The second-order valence-electron chi connectivity index (χ2n) is 6.97. The summed E-state index contributed by atoms with van der Waals surface area (Å²) in [5.41, 5.74) is 1.61. The summed E-state index contributed by atoms with van der Waals surface area (Å²) >= 11 is 0. The van der Waals surface area contributed by atoms with Crippen LogP contribution < -0.4 is 20.1 Å². The summed E-state index contributed by atoms with van der Waals surface area (Å²) in [6.07, 6.45) is 5.23. The van der Waals surface area contributed by atoms with Crippen LogP contribution in [0.4, 0.5) is 10.5 Å². The molecule has 1 aromatic carbocycles. The van der Waals surface area contributed by atoms with Crippen molar-refractivity contribution in [2.45, 2.75) is 44.9 Å². The second-order valence-corrected chi connectivity index (χ2v) is 6.97. The van der Waals surface area contributed by atoms with Gasteiger partial charge in [-0.3, -0.25) is 0 Å². The van der Waals surface area contributed by atoms with Crippen molar-refractivity contribution in [1.82, 2.24) is 15.5 Å². The van der Waals surface area contributed by atoms with Crippen LogP contribution in [0, 0.1) is 6.92 Å². The quantitative estimate of drug-likeness (QED) is 0.836. The lowest BCUT2D eigenvalue weighted by Gasteiger charge is -2.20. The van der Waals surface area contributed by atoms with E-state index in [-0.39, 0.29) is 6.03 Å². The van der Waals surface area contributed by atoms with Gasteiger partial charge in [-0.1, -0.05) is 18.0 Å². The zero-order valence-electron chi connectivity index (χ0n) is 15.4. The number of rotatable bonds is 5. The first-order valence-electron chi connectivity index (χ1n) is 9.46. The van der Waals surface area contributed by atoms with Crippen LogP contribution in [-0.4, -0.2) is 35.9 Å². The van der Waals surface area contributed by atoms with Crippen molar-refractivity contribution < 1.29 is 18.8 Å². The van der Waals surface area contributed by atoms with Gasteiger partial charge in [0.05, 0.1) is 0 Å². The first-order chi connectivity index (χ1) is 13.2. The second kappa shape index (κ2) is 7.85. The van der Waals surface area contributed by atoms with Crippen LogP contribution in [0.2, 0.25) is 0 Å². The largest absolute Gasteiger partial charge is 0.486 e. The number of anilines is 1. The number of urea groups is 1. The molecule has 8 heteroatoms. The topological polar surface area (TPSA) is 98.5 Å². The van der Waals surface area contributed by atoms with Crippen LogP contribution in [0.1, 0.15) is 48.9 Å². The highest BCUT2D eigenvalue weighted by molar-refractivity contribution is 5.90. The lowest BCUT2D eigenvalue weighted by atomic mass is 10.1. The van der Waals surface area contributed by atoms with Crippen LogP contribution in [0.15, 0.2) is 16.7 Å². The molecule has 2 N–H and O–H groups in total. The molecule has 2 heterocycles. The molecule has 0 unspecified atom stereocenters. The molecular formula is C19H24N4O4. The van der Waals surface area contributed by atoms with E-state index in [1.54, 1.807) is 6.07 Å². The van der Waals surface area contributed by atoms with Crippen LogP contribution in [0.25, 0.3) is 0 Å². The van der Waals surface area contributed by atoms with E-state index in [4.69, 9.17) is 14.0 Å². The van der Waals surface area contributed by atoms with Crippen molar-refractivity contribution in [2.24, 2.45) is 0 Å². The zero-order chi connectivity index (χ0) is 18.6. The molecule has 0 spiro atoms. The summed E-state index contributed by atoms with van der Waals surface area (Å²) < 4.78 is 16.5. The smallest absolute Gasteiger partial charge is 0.319 e. The Morgan fingerprint density at radius 1 is 1.19 bits per heavy atom. The van der Waals surface area contributed by atoms with E-state index in [0.29, 0.717) is 55.1 Å². The first kappa shape index (κ1) is 17.6. The van der Waals surface area contributed by atoms with Crippen molar-refractivity contribution in [3.8, 4) is 11.5 Å². The Bertz CT molecular complexity index is 814. The summed E-state index contributed by atoms with van der Waals surface area (Å²) in [5.74, 6) is 3.13. The Balaban J connectivity index is 1.27. The number of aryl methyl sites for hydroxylation is 1. The van der Waals surface area contributed by atoms with Crippen molar-refractivity contribution in [2.75, 3.05) is 25.1 Å². The number of carbonyl (C=O) groups excluding carboxylic acids is 1. The van der Waals surface area contributed by atoms with E-state index in [1.165, 1.54) is 12.8 Å². The van der Waals surface area contributed by atoms with Crippen molar-refractivity contribution in [1.29, 1.82) is 0 Å². The van der Waals surface area contributed by atoms with E-state index in [0.717, 1.165) is 24.3 Å². The van der Waals surface area contributed by atoms with Gasteiger partial charge in [0.2, 0.25) is 5.89 Å². The maximum atomic E-state index is 12.2. The normalized spacial score (nSPS) is 16.3. The average molecular weight is 372 g/mol. The van der Waals surface area contributed by atoms with E-state index < -0.39 is 0 Å². The predicted octanol–water partition coefficient (Wildman–Crippen LogP) is 3.17. The monoisotopic (exact) mass is 372 g/mol. The lowest BCUT2D eigenvalue weighted by Crippen LogP contribution is -2.31. The van der Waals surface area contributed by atoms with Gasteiger partial charge >= 0.3 is 6.03 Å². The van der Waals surface area contributed by atoms with E-state index in [9.17, 15) is 4.79 Å². The minimum absolute atomic E-state index is 0.283. The van der Waals surface area contributed by atoms with Crippen LogP contribution >= 0.6 is 0 Å². The van der Waals surface area contributed by atoms with Crippen LogP contribution in [0.5, 0.6) is 11.5 Å². The highest BCUT2D eigenvalue weighted by atomic mass is 16.6. The molecule has 27 heavy (non-hydrogen) atoms. The lowest BCUT2D eigenvalue weighted by molar-refractivity contribution is 0.171. The molecule has 1 aromatic heterocycles. The van der Waals surface area contributed by atoms with E-state index in [2.05, 4.69) is 20.8 Å². The number of ether oxygens (including phenoxy) is 2. The van der Waals surface area contributed by atoms with Gasteiger partial charge in [-0.05, 0) is 31.4 Å². The van der Waals surface area contributed by atoms with Gasteiger partial charge in [0.1, 0.15) is 13.2 Å². The average Bonchev–Trinajstić information content (AvgIpc) is 3.34. The molecular weight excluding hydrogens is 348 g/mol. The van der Waals surface area contributed by atoms with Gasteiger partial charge in [0.15, 0.2) is 17.3 Å². The molecule has 0 radical (unpaired) electrons. The third kappa shape index (κ3) is 4.15. The molecule has 1 saturated carbocycles. The summed E-state index contributed by atoms with van der Waals surface area (Å²) in [5, 5.41) is 9.68. The Morgan fingerprint density at radius 2 is 1.93 bits per heavy atom. The molecule has 2 aromatic rings. The third-order valence-corrected chi connectivity index (χ3v) is 4.96. The van der Waals surface area contributed by atoms with Gasteiger partial charge in [0.25, 0.3) is 0 Å². The van der Waals surface area contributed by atoms with Crippen molar-refractivity contribution in [3.05, 3.63) is 29.4 Å². The van der Waals surface area contributed by atoms with Crippen LogP contribution in [0.3, 0.4) is 0 Å². The van der Waals surface area contributed by atoms with Crippen LogP contribution in [-0.2, 0) is 6.42 Å². The van der Waals surface area contributed by atoms with E-state index in [1.807, 2.05) is 13.0 Å². The molecule has 144 valence electrons. The summed E-state index contributed by atoms with van der Waals surface area (Å²) in [6, 6.07) is 3.37. The van der Waals surface area contributed by atoms with Gasteiger partial charge in [-0.25, -0.2) is 4.79 Å². The molecule has 0 saturated heterocycles. The molecule has 1 aliphatic carbocycles. The highest BCUT2D eigenvalue weighted by Gasteiger charge is 2.23. The predicted molar refractivity (Wildman–Crippen MR) is 98.4 cm³/mol. The van der Waals surface area contributed by atoms with Gasteiger partial charge < -0.3 is 24.6 Å². The molecule has 4 rings (SSSR count). The summed E-state index contributed by atoms with van der Waals surface area (Å²) in [7, 11) is 0. The Hall–Kier alpha value is -2.77.